The Morgan fingerprint density at radius 1 is 1.43 bits per heavy atom. The lowest BCUT2D eigenvalue weighted by atomic mass is 10.4. The lowest BCUT2D eigenvalue weighted by Gasteiger charge is -2.19. The average molecular weight is 217 g/mol. The highest BCUT2D eigenvalue weighted by Crippen LogP contribution is 2.12. The van der Waals surface area contributed by atoms with E-state index < -0.39 is 0 Å². The van der Waals surface area contributed by atoms with Crippen molar-refractivity contribution in [2.24, 2.45) is 10.2 Å². The molecule has 0 unspecified atom stereocenters. The Labute approximate surface area is 88.0 Å². The molecule has 14 heavy (non-hydrogen) atoms. The summed E-state index contributed by atoms with van der Waals surface area (Å²) in [6.45, 7) is 2.14. The molecule has 0 N–H and O–H groups in total. The molecule has 1 fully saturated rings. The number of hydrazone groups is 2. The van der Waals surface area contributed by atoms with Crippen molar-refractivity contribution in [2.45, 2.75) is 12.8 Å². The van der Waals surface area contributed by atoms with E-state index in [-0.39, 0.29) is 0 Å². The first-order valence-electron chi connectivity index (χ1n) is 4.58. The Hall–Kier alpha value is -1.01. The van der Waals surface area contributed by atoms with Crippen LogP contribution < -0.4 is 0 Å². The first kappa shape index (κ1) is 9.54. The van der Waals surface area contributed by atoms with E-state index in [4.69, 9.17) is 11.8 Å². The van der Waals surface area contributed by atoms with Gasteiger partial charge in [-0.05, 0) is 12.8 Å². The molecule has 2 rings (SSSR count). The third-order valence-electron chi connectivity index (χ3n) is 2.19. The van der Waals surface area contributed by atoms with Crippen molar-refractivity contribution in [3.05, 3.63) is 0 Å². The third-order valence-corrected chi connectivity index (χ3v) is 2.56. The number of rotatable bonds is 2. The van der Waals surface area contributed by atoms with E-state index in [2.05, 4.69) is 15.1 Å². The van der Waals surface area contributed by atoms with Crippen LogP contribution in [-0.2, 0) is 0 Å². The summed E-state index contributed by atoms with van der Waals surface area (Å²) in [6.07, 6.45) is 5.84. The molecule has 0 amide bonds. The second-order valence-corrected chi connectivity index (χ2v) is 3.59. The van der Waals surface area contributed by atoms with Crippen molar-refractivity contribution in [3.63, 3.8) is 0 Å². The van der Waals surface area contributed by atoms with Gasteiger partial charge in [0.25, 0.3) is 0 Å². The first-order chi connectivity index (χ1) is 6.77. The molecular weight excluding hydrogens is 204 g/mol. The second-order valence-electron chi connectivity index (χ2n) is 3.29. The third kappa shape index (κ3) is 1.91. The van der Waals surface area contributed by atoms with Crippen LogP contribution >= 0.6 is 11.8 Å². The Kier molecular flexibility index (Phi) is 2.74. The molecule has 7 heteroatoms. The number of nitrogens with zero attached hydrogens (tertiary/aromatic N) is 6. The topological polar surface area (TPSA) is 37.7 Å². The molecule has 0 radical (unpaired) electrons. The van der Waals surface area contributed by atoms with Gasteiger partial charge in [0, 0.05) is 36.6 Å². The summed E-state index contributed by atoms with van der Waals surface area (Å²) in [7, 11) is 1.79. The van der Waals surface area contributed by atoms with E-state index in [0.29, 0.717) is 0 Å². The number of hydrogen-bond acceptors (Lipinski definition) is 5. The highest BCUT2D eigenvalue weighted by molar-refractivity contribution is 6.13. The maximum Gasteiger partial charge on any atom is 0.132 e. The van der Waals surface area contributed by atoms with Gasteiger partial charge in [0.1, 0.15) is 12.7 Å². The molecule has 0 spiro atoms. The molecule has 2 aliphatic heterocycles. The molecule has 0 aromatic rings. The van der Waals surface area contributed by atoms with Crippen molar-refractivity contribution in [2.75, 3.05) is 20.1 Å². The van der Waals surface area contributed by atoms with Gasteiger partial charge < -0.3 is 4.90 Å². The predicted molar refractivity (Wildman–Crippen MR) is 55.1 cm³/mol. The van der Waals surface area contributed by atoms with Crippen LogP contribution in [0.4, 0.5) is 0 Å². The van der Waals surface area contributed by atoms with Crippen LogP contribution in [0.15, 0.2) is 10.2 Å². The monoisotopic (exact) mass is 216 g/mol. The number of halogens is 1. The van der Waals surface area contributed by atoms with Gasteiger partial charge >= 0.3 is 0 Å². The van der Waals surface area contributed by atoms with Crippen LogP contribution in [0.3, 0.4) is 0 Å². The molecule has 6 nitrogen and oxygen atoms in total. The molecule has 0 saturated carbocycles. The van der Waals surface area contributed by atoms with E-state index in [0.717, 1.165) is 13.1 Å². The number of hydrogen-bond donors (Lipinski definition) is 0. The predicted octanol–water partition coefficient (Wildman–Crippen LogP) is 0.502. The van der Waals surface area contributed by atoms with Crippen molar-refractivity contribution in [1.82, 2.24) is 19.8 Å². The molecular formula is C7H13ClN6. The van der Waals surface area contributed by atoms with Crippen LogP contribution in [0.1, 0.15) is 12.8 Å². The van der Waals surface area contributed by atoms with Crippen LogP contribution in [0.25, 0.3) is 0 Å². The fraction of sp³-hybridized carbons (Fsp3) is 0.714. The van der Waals surface area contributed by atoms with Crippen molar-refractivity contribution < 1.29 is 0 Å². The summed E-state index contributed by atoms with van der Waals surface area (Å²) >= 11 is 5.84. The van der Waals surface area contributed by atoms with Crippen LogP contribution in [-0.4, -0.2) is 52.6 Å². The number of likely N-dealkylation sites (tertiary alicyclic amines) is 1. The quantitative estimate of drug-likeness (QED) is 0.383. The Morgan fingerprint density at radius 2 is 2.14 bits per heavy atom. The summed E-state index contributed by atoms with van der Waals surface area (Å²) in [4.78, 5) is 2.15. The van der Waals surface area contributed by atoms with Gasteiger partial charge in [0.05, 0.1) is 0 Å². The fourth-order valence-corrected chi connectivity index (χ4v) is 1.50. The molecule has 0 atom stereocenters. The van der Waals surface area contributed by atoms with Crippen LogP contribution in [0.5, 0.6) is 0 Å². The van der Waals surface area contributed by atoms with Crippen molar-refractivity contribution in [1.29, 1.82) is 0 Å². The van der Waals surface area contributed by atoms with Gasteiger partial charge in [-0.2, -0.15) is 0 Å². The van der Waals surface area contributed by atoms with Gasteiger partial charge in [-0.3, -0.25) is 5.01 Å². The average Bonchev–Trinajstić information content (AvgIpc) is 2.77. The smallest absolute Gasteiger partial charge is 0.132 e. The molecule has 2 aliphatic rings. The van der Waals surface area contributed by atoms with Crippen molar-refractivity contribution in [3.8, 4) is 0 Å². The second kappa shape index (κ2) is 4.02. The summed E-state index contributed by atoms with van der Waals surface area (Å²) in [6, 6.07) is 0. The molecule has 1 saturated heterocycles. The minimum absolute atomic E-state index is 1.07. The lowest BCUT2D eigenvalue weighted by Crippen LogP contribution is -2.33. The van der Waals surface area contributed by atoms with E-state index in [1.165, 1.54) is 22.7 Å². The summed E-state index contributed by atoms with van der Waals surface area (Å²) in [5.74, 6) is 0. The zero-order valence-electron chi connectivity index (χ0n) is 8.04. The Bertz CT molecular complexity index is 249. The largest absolute Gasteiger partial charge is 0.361 e. The highest BCUT2D eigenvalue weighted by Gasteiger charge is 2.19. The van der Waals surface area contributed by atoms with Crippen LogP contribution in [0.2, 0.25) is 0 Å². The zero-order valence-corrected chi connectivity index (χ0v) is 8.80. The van der Waals surface area contributed by atoms with Gasteiger partial charge in [0.15, 0.2) is 0 Å². The lowest BCUT2D eigenvalue weighted by molar-refractivity contribution is -0.0172. The Morgan fingerprint density at radius 3 is 2.71 bits per heavy atom. The minimum Gasteiger partial charge on any atom is -0.361 e. The van der Waals surface area contributed by atoms with E-state index in [1.54, 1.807) is 24.7 Å². The SMILES string of the molecule is CN1C=NN(/N=C/N2CCCC2)N1Cl. The fourth-order valence-electron chi connectivity index (χ4n) is 1.38. The normalized spacial score (nSPS) is 23.4. The molecule has 0 bridgehead atoms. The van der Waals surface area contributed by atoms with Gasteiger partial charge in [-0.1, -0.05) is 5.23 Å². The molecule has 2 heterocycles. The van der Waals surface area contributed by atoms with Gasteiger partial charge in [-0.25, -0.2) is 0 Å². The number of hydrazine groups is 2. The highest BCUT2D eigenvalue weighted by atomic mass is 35.5. The summed E-state index contributed by atoms with van der Waals surface area (Å²) in [5.41, 5.74) is 0. The van der Waals surface area contributed by atoms with Gasteiger partial charge in [0.2, 0.25) is 0 Å². The van der Waals surface area contributed by atoms with E-state index in [9.17, 15) is 0 Å². The Balaban J connectivity index is 1.87. The van der Waals surface area contributed by atoms with Crippen LogP contribution in [0, 0.1) is 0 Å². The minimum atomic E-state index is 1.07. The summed E-state index contributed by atoms with van der Waals surface area (Å²) < 4.78 is 1.30. The van der Waals surface area contributed by atoms with E-state index in [1.807, 2.05) is 0 Å². The first-order valence-corrected chi connectivity index (χ1v) is 4.92. The van der Waals surface area contributed by atoms with Gasteiger partial charge in [-0.15, -0.1) is 10.2 Å². The van der Waals surface area contributed by atoms with E-state index >= 15 is 0 Å². The molecule has 0 aromatic carbocycles. The standard InChI is InChI=1S/C7H13ClN6/c1-11-6-9-14(13(11)8)10-7-12-4-2-3-5-12/h6-7H,2-5H2,1H3/b10-7+. The maximum atomic E-state index is 5.84. The zero-order chi connectivity index (χ0) is 9.97. The molecule has 78 valence electrons. The maximum absolute atomic E-state index is 5.84. The molecule has 0 aliphatic carbocycles. The summed E-state index contributed by atoms with van der Waals surface area (Å²) in [5, 5.41) is 11.0. The molecule has 0 aromatic heterocycles. The van der Waals surface area contributed by atoms with Crippen molar-refractivity contribution >= 4 is 24.5 Å².